The molecule has 96 valence electrons. The van der Waals surface area contributed by atoms with Gasteiger partial charge >= 0.3 is 0 Å². The summed E-state index contributed by atoms with van der Waals surface area (Å²) < 4.78 is 0. The molecule has 1 unspecified atom stereocenters. The lowest BCUT2D eigenvalue weighted by Gasteiger charge is -2.25. The van der Waals surface area contributed by atoms with E-state index in [-0.39, 0.29) is 12.6 Å². The van der Waals surface area contributed by atoms with Crippen molar-refractivity contribution in [3.63, 3.8) is 0 Å². The summed E-state index contributed by atoms with van der Waals surface area (Å²) in [5.41, 5.74) is 2.55. The molecule has 0 aliphatic heterocycles. The van der Waals surface area contributed by atoms with Gasteiger partial charge in [-0.25, -0.2) is 0 Å². The molecule has 0 heterocycles. The maximum absolute atomic E-state index is 9.25. The van der Waals surface area contributed by atoms with Gasteiger partial charge < -0.3 is 15.3 Å². The molecule has 1 rings (SSSR count). The zero-order valence-corrected chi connectivity index (χ0v) is 11.1. The Bertz CT molecular complexity index is 311. The van der Waals surface area contributed by atoms with Crippen LogP contribution in [0.1, 0.15) is 19.4 Å². The van der Waals surface area contributed by atoms with Crippen LogP contribution in [0.3, 0.4) is 0 Å². The molecule has 0 aromatic heterocycles. The van der Waals surface area contributed by atoms with E-state index in [1.807, 2.05) is 0 Å². The standard InChI is InChI=1S/C14H24N2O/c1-4-12-6-8-14(9-7-12)16(3)10-13(11-17)15-5-2/h6-9,13,15,17H,4-5,10-11H2,1-3H3. The van der Waals surface area contributed by atoms with Crippen LogP contribution in [0.25, 0.3) is 0 Å². The quantitative estimate of drug-likeness (QED) is 0.756. The predicted molar refractivity (Wildman–Crippen MR) is 73.6 cm³/mol. The van der Waals surface area contributed by atoms with E-state index in [9.17, 15) is 5.11 Å². The SMILES string of the molecule is CCNC(CO)CN(C)c1ccc(CC)cc1. The van der Waals surface area contributed by atoms with Crippen LogP contribution in [-0.2, 0) is 6.42 Å². The molecular weight excluding hydrogens is 212 g/mol. The average Bonchev–Trinajstić information content (AvgIpc) is 2.38. The van der Waals surface area contributed by atoms with Crippen molar-refractivity contribution in [1.82, 2.24) is 5.32 Å². The van der Waals surface area contributed by atoms with Crippen molar-refractivity contribution in [2.45, 2.75) is 26.3 Å². The molecule has 0 spiro atoms. The van der Waals surface area contributed by atoms with E-state index in [0.717, 1.165) is 19.5 Å². The fourth-order valence-electron chi connectivity index (χ4n) is 1.90. The first-order valence-electron chi connectivity index (χ1n) is 6.35. The molecule has 0 aliphatic carbocycles. The summed E-state index contributed by atoms with van der Waals surface area (Å²) in [5, 5.41) is 12.5. The van der Waals surface area contributed by atoms with Gasteiger partial charge in [0.05, 0.1) is 6.61 Å². The van der Waals surface area contributed by atoms with Crippen LogP contribution in [-0.4, -0.2) is 37.9 Å². The third-order valence-corrected chi connectivity index (χ3v) is 2.99. The second-order valence-electron chi connectivity index (χ2n) is 4.34. The Morgan fingerprint density at radius 1 is 1.24 bits per heavy atom. The summed E-state index contributed by atoms with van der Waals surface area (Å²) in [6.45, 7) is 6.08. The lowest BCUT2D eigenvalue weighted by atomic mass is 10.1. The molecule has 3 nitrogen and oxygen atoms in total. The van der Waals surface area contributed by atoms with Crippen molar-refractivity contribution in [3.05, 3.63) is 29.8 Å². The third kappa shape index (κ3) is 4.36. The highest BCUT2D eigenvalue weighted by Gasteiger charge is 2.09. The number of likely N-dealkylation sites (N-methyl/N-ethyl adjacent to an activating group) is 2. The molecule has 0 saturated heterocycles. The minimum atomic E-state index is 0.135. The largest absolute Gasteiger partial charge is 0.395 e. The van der Waals surface area contributed by atoms with Crippen molar-refractivity contribution in [2.75, 3.05) is 31.6 Å². The molecule has 0 radical (unpaired) electrons. The lowest BCUT2D eigenvalue weighted by Crippen LogP contribution is -2.42. The summed E-state index contributed by atoms with van der Waals surface area (Å²) in [6.07, 6.45) is 1.07. The molecule has 1 aromatic carbocycles. The summed E-state index contributed by atoms with van der Waals surface area (Å²) in [7, 11) is 2.06. The smallest absolute Gasteiger partial charge is 0.0601 e. The number of hydrogen-bond acceptors (Lipinski definition) is 3. The average molecular weight is 236 g/mol. The highest BCUT2D eigenvalue weighted by atomic mass is 16.3. The zero-order chi connectivity index (χ0) is 12.7. The normalized spacial score (nSPS) is 12.5. The van der Waals surface area contributed by atoms with E-state index in [1.54, 1.807) is 0 Å². The van der Waals surface area contributed by atoms with Gasteiger partial charge in [-0.2, -0.15) is 0 Å². The summed E-state index contributed by atoms with van der Waals surface area (Å²) >= 11 is 0. The number of benzene rings is 1. The van der Waals surface area contributed by atoms with Gasteiger partial charge in [0.2, 0.25) is 0 Å². The minimum absolute atomic E-state index is 0.135. The van der Waals surface area contributed by atoms with Gasteiger partial charge in [0.25, 0.3) is 0 Å². The first kappa shape index (κ1) is 14.0. The number of aryl methyl sites for hydroxylation is 1. The second kappa shape index (κ2) is 7.30. The Labute approximate surface area is 104 Å². The molecule has 1 atom stereocenters. The number of rotatable bonds is 7. The lowest BCUT2D eigenvalue weighted by molar-refractivity contribution is 0.246. The van der Waals surface area contributed by atoms with E-state index < -0.39 is 0 Å². The first-order valence-corrected chi connectivity index (χ1v) is 6.35. The zero-order valence-electron chi connectivity index (χ0n) is 11.1. The fourth-order valence-corrected chi connectivity index (χ4v) is 1.90. The Morgan fingerprint density at radius 3 is 2.35 bits per heavy atom. The topological polar surface area (TPSA) is 35.5 Å². The van der Waals surface area contributed by atoms with Crippen LogP contribution in [0.2, 0.25) is 0 Å². The molecule has 17 heavy (non-hydrogen) atoms. The minimum Gasteiger partial charge on any atom is -0.395 e. The molecule has 0 fully saturated rings. The van der Waals surface area contributed by atoms with Gasteiger partial charge in [0.15, 0.2) is 0 Å². The maximum Gasteiger partial charge on any atom is 0.0601 e. The van der Waals surface area contributed by atoms with Crippen molar-refractivity contribution in [1.29, 1.82) is 0 Å². The Hall–Kier alpha value is -1.06. The number of aliphatic hydroxyl groups is 1. The summed E-state index contributed by atoms with van der Waals surface area (Å²) in [5.74, 6) is 0. The number of nitrogens with zero attached hydrogens (tertiary/aromatic N) is 1. The van der Waals surface area contributed by atoms with E-state index in [0.29, 0.717) is 0 Å². The summed E-state index contributed by atoms with van der Waals surface area (Å²) in [4.78, 5) is 2.17. The van der Waals surface area contributed by atoms with Gasteiger partial charge in [-0.1, -0.05) is 26.0 Å². The molecular formula is C14H24N2O. The van der Waals surface area contributed by atoms with Crippen LogP contribution in [0.15, 0.2) is 24.3 Å². The van der Waals surface area contributed by atoms with E-state index in [2.05, 4.69) is 55.4 Å². The molecule has 0 saturated carbocycles. The third-order valence-electron chi connectivity index (χ3n) is 2.99. The van der Waals surface area contributed by atoms with E-state index in [4.69, 9.17) is 0 Å². The molecule has 1 aromatic rings. The molecule has 0 aliphatic rings. The van der Waals surface area contributed by atoms with Crippen LogP contribution < -0.4 is 10.2 Å². The van der Waals surface area contributed by atoms with E-state index in [1.165, 1.54) is 11.3 Å². The number of anilines is 1. The Morgan fingerprint density at radius 2 is 1.88 bits per heavy atom. The molecule has 0 bridgehead atoms. The Kier molecular flexibility index (Phi) is 6.01. The van der Waals surface area contributed by atoms with Crippen LogP contribution in [0.4, 0.5) is 5.69 Å². The van der Waals surface area contributed by atoms with Crippen molar-refractivity contribution >= 4 is 5.69 Å². The van der Waals surface area contributed by atoms with Crippen molar-refractivity contribution < 1.29 is 5.11 Å². The molecule has 3 heteroatoms. The van der Waals surface area contributed by atoms with Gasteiger partial charge in [0.1, 0.15) is 0 Å². The Balaban J connectivity index is 2.58. The maximum atomic E-state index is 9.25. The van der Waals surface area contributed by atoms with Crippen LogP contribution >= 0.6 is 0 Å². The first-order chi connectivity index (χ1) is 8.21. The number of hydrogen-bond donors (Lipinski definition) is 2. The van der Waals surface area contributed by atoms with Crippen molar-refractivity contribution in [2.24, 2.45) is 0 Å². The van der Waals surface area contributed by atoms with Gasteiger partial charge in [-0.05, 0) is 30.7 Å². The van der Waals surface area contributed by atoms with Gasteiger partial charge in [0, 0.05) is 25.3 Å². The highest BCUT2D eigenvalue weighted by Crippen LogP contribution is 2.14. The fraction of sp³-hybridized carbons (Fsp3) is 0.571. The van der Waals surface area contributed by atoms with Crippen molar-refractivity contribution in [3.8, 4) is 0 Å². The van der Waals surface area contributed by atoms with Gasteiger partial charge in [-0.15, -0.1) is 0 Å². The highest BCUT2D eigenvalue weighted by molar-refractivity contribution is 5.47. The number of nitrogens with one attached hydrogen (secondary N) is 1. The molecule has 0 amide bonds. The van der Waals surface area contributed by atoms with E-state index >= 15 is 0 Å². The summed E-state index contributed by atoms with van der Waals surface area (Å²) in [6, 6.07) is 8.73. The molecule has 2 N–H and O–H groups in total. The van der Waals surface area contributed by atoms with Crippen LogP contribution in [0, 0.1) is 0 Å². The van der Waals surface area contributed by atoms with Gasteiger partial charge in [-0.3, -0.25) is 0 Å². The monoisotopic (exact) mass is 236 g/mol. The number of aliphatic hydroxyl groups excluding tert-OH is 1. The second-order valence-corrected chi connectivity index (χ2v) is 4.34. The predicted octanol–water partition coefficient (Wildman–Crippen LogP) is 1.66. The van der Waals surface area contributed by atoms with Crippen LogP contribution in [0.5, 0.6) is 0 Å².